The van der Waals surface area contributed by atoms with Gasteiger partial charge < -0.3 is 5.32 Å². The fourth-order valence-corrected chi connectivity index (χ4v) is 2.34. The van der Waals surface area contributed by atoms with Gasteiger partial charge in [-0.2, -0.15) is 0 Å². The first-order valence-electron chi connectivity index (χ1n) is 6.24. The minimum Gasteiger partial charge on any atom is -0.373 e. The van der Waals surface area contributed by atoms with Gasteiger partial charge in [0.2, 0.25) is 0 Å². The largest absolute Gasteiger partial charge is 0.373 e. The second kappa shape index (κ2) is 6.21. The van der Waals surface area contributed by atoms with Crippen molar-refractivity contribution in [3.63, 3.8) is 0 Å². The molecule has 0 aliphatic carbocycles. The first-order valence-corrected chi connectivity index (χ1v) is 7.32. The zero-order valence-electron chi connectivity index (χ0n) is 11.3. The molecular weight excluding hydrogens is 367 g/mol. The Morgan fingerprint density at radius 1 is 1.20 bits per heavy atom. The van der Waals surface area contributed by atoms with Gasteiger partial charge in [-0.05, 0) is 65.8 Å². The molecule has 0 aliphatic rings. The third kappa shape index (κ3) is 3.47. The van der Waals surface area contributed by atoms with E-state index in [0.717, 1.165) is 11.1 Å². The summed E-state index contributed by atoms with van der Waals surface area (Å²) >= 11 is 2.25. The normalized spacial score (nSPS) is 11.9. The highest BCUT2D eigenvalue weighted by Gasteiger charge is 2.16. The van der Waals surface area contributed by atoms with E-state index in [9.17, 15) is 10.1 Å². The number of nitro benzene ring substituents is 1. The van der Waals surface area contributed by atoms with E-state index in [1.165, 1.54) is 3.57 Å². The molecule has 2 rings (SSSR count). The van der Waals surface area contributed by atoms with Gasteiger partial charge in [-0.1, -0.05) is 18.2 Å². The van der Waals surface area contributed by atoms with Crippen molar-refractivity contribution in [2.24, 2.45) is 0 Å². The third-order valence-electron chi connectivity index (χ3n) is 3.09. The summed E-state index contributed by atoms with van der Waals surface area (Å²) in [6.07, 6.45) is 0. The van der Waals surface area contributed by atoms with E-state index in [0.29, 0.717) is 5.69 Å². The highest BCUT2D eigenvalue weighted by molar-refractivity contribution is 14.1. The van der Waals surface area contributed by atoms with Gasteiger partial charge in [-0.25, -0.2) is 0 Å². The van der Waals surface area contributed by atoms with Crippen molar-refractivity contribution in [3.05, 3.63) is 67.3 Å². The lowest BCUT2D eigenvalue weighted by molar-refractivity contribution is -0.384. The number of nitro groups is 1. The van der Waals surface area contributed by atoms with Crippen LogP contribution in [0.15, 0.2) is 42.5 Å². The highest BCUT2D eigenvalue weighted by atomic mass is 127. The van der Waals surface area contributed by atoms with Gasteiger partial charge in [0.25, 0.3) is 5.69 Å². The third-order valence-corrected chi connectivity index (χ3v) is 3.81. The Bertz CT molecular complexity index is 626. The van der Waals surface area contributed by atoms with Crippen LogP contribution < -0.4 is 5.32 Å². The average molecular weight is 382 g/mol. The number of halogens is 1. The Labute approximate surface area is 131 Å². The molecule has 5 heteroatoms. The lowest BCUT2D eigenvalue weighted by Crippen LogP contribution is -2.08. The smallest absolute Gasteiger partial charge is 0.292 e. The second-order valence-corrected chi connectivity index (χ2v) is 5.94. The van der Waals surface area contributed by atoms with Crippen LogP contribution in [0.4, 0.5) is 11.4 Å². The van der Waals surface area contributed by atoms with Crippen LogP contribution in [-0.2, 0) is 0 Å². The lowest BCUT2D eigenvalue weighted by Gasteiger charge is -2.16. The van der Waals surface area contributed by atoms with Crippen LogP contribution in [0.3, 0.4) is 0 Å². The Kier molecular flexibility index (Phi) is 4.59. The van der Waals surface area contributed by atoms with E-state index in [1.807, 2.05) is 44.2 Å². The number of nitrogens with one attached hydrogen (secondary N) is 1. The standard InChI is InChI=1S/C15H15IN2O2/c1-10-3-8-14(15(9-10)18(19)20)17-11(2)12-4-6-13(16)7-5-12/h3-9,11,17H,1-2H3. The minimum atomic E-state index is -0.351. The van der Waals surface area contributed by atoms with Crippen LogP contribution in [0.2, 0.25) is 0 Å². The van der Waals surface area contributed by atoms with Gasteiger partial charge in [0.05, 0.1) is 4.92 Å². The number of benzene rings is 2. The minimum absolute atomic E-state index is 0.00778. The van der Waals surface area contributed by atoms with Crippen molar-refractivity contribution in [1.82, 2.24) is 0 Å². The van der Waals surface area contributed by atoms with Crippen LogP contribution in [-0.4, -0.2) is 4.92 Å². The van der Waals surface area contributed by atoms with Crippen molar-refractivity contribution in [3.8, 4) is 0 Å². The van der Waals surface area contributed by atoms with Gasteiger partial charge in [0, 0.05) is 15.7 Å². The number of hydrogen-bond acceptors (Lipinski definition) is 3. The monoisotopic (exact) mass is 382 g/mol. The molecule has 2 aromatic carbocycles. The molecule has 0 aromatic heterocycles. The molecule has 0 bridgehead atoms. The maximum atomic E-state index is 11.1. The van der Waals surface area contributed by atoms with Crippen molar-refractivity contribution in [1.29, 1.82) is 0 Å². The molecule has 0 saturated carbocycles. The topological polar surface area (TPSA) is 55.2 Å². The zero-order chi connectivity index (χ0) is 14.7. The van der Waals surface area contributed by atoms with E-state index in [-0.39, 0.29) is 16.7 Å². The fourth-order valence-electron chi connectivity index (χ4n) is 1.98. The number of aryl methyl sites for hydroxylation is 1. The SMILES string of the molecule is Cc1ccc(NC(C)c2ccc(I)cc2)c([N+](=O)[O-])c1. The van der Waals surface area contributed by atoms with Gasteiger partial charge in [-0.3, -0.25) is 10.1 Å². The Morgan fingerprint density at radius 2 is 1.85 bits per heavy atom. The van der Waals surface area contributed by atoms with Crippen molar-refractivity contribution < 1.29 is 4.92 Å². The van der Waals surface area contributed by atoms with E-state index in [4.69, 9.17) is 0 Å². The average Bonchev–Trinajstić information content (AvgIpc) is 2.41. The van der Waals surface area contributed by atoms with E-state index in [2.05, 4.69) is 27.9 Å². The maximum Gasteiger partial charge on any atom is 0.292 e. The molecule has 1 atom stereocenters. The molecule has 104 valence electrons. The van der Waals surface area contributed by atoms with Gasteiger partial charge in [-0.15, -0.1) is 0 Å². The van der Waals surface area contributed by atoms with E-state index < -0.39 is 0 Å². The summed E-state index contributed by atoms with van der Waals surface area (Å²) in [6.45, 7) is 3.84. The quantitative estimate of drug-likeness (QED) is 0.475. The molecule has 0 amide bonds. The molecule has 0 radical (unpaired) electrons. The fraction of sp³-hybridized carbons (Fsp3) is 0.200. The summed E-state index contributed by atoms with van der Waals surface area (Å²) in [6, 6.07) is 13.3. The molecule has 20 heavy (non-hydrogen) atoms. The second-order valence-electron chi connectivity index (χ2n) is 4.70. The van der Waals surface area contributed by atoms with Crippen molar-refractivity contribution >= 4 is 34.0 Å². The van der Waals surface area contributed by atoms with Gasteiger partial charge >= 0.3 is 0 Å². The Hall–Kier alpha value is -1.63. The number of nitrogens with zero attached hydrogens (tertiary/aromatic N) is 1. The van der Waals surface area contributed by atoms with Crippen LogP contribution >= 0.6 is 22.6 Å². The molecule has 0 fully saturated rings. The molecule has 0 aliphatic heterocycles. The first kappa shape index (κ1) is 14.8. The zero-order valence-corrected chi connectivity index (χ0v) is 13.4. The summed E-state index contributed by atoms with van der Waals surface area (Å²) in [5.41, 5.74) is 2.64. The molecule has 4 nitrogen and oxygen atoms in total. The van der Waals surface area contributed by atoms with Crippen molar-refractivity contribution in [2.75, 3.05) is 5.32 Å². The molecule has 1 N–H and O–H groups in total. The predicted molar refractivity (Wildman–Crippen MR) is 89.0 cm³/mol. The molecule has 2 aromatic rings. The number of hydrogen-bond donors (Lipinski definition) is 1. The lowest BCUT2D eigenvalue weighted by atomic mass is 10.1. The van der Waals surface area contributed by atoms with Crippen molar-refractivity contribution in [2.45, 2.75) is 19.9 Å². The maximum absolute atomic E-state index is 11.1. The molecule has 0 spiro atoms. The highest BCUT2D eigenvalue weighted by Crippen LogP contribution is 2.29. The van der Waals surface area contributed by atoms with Crippen LogP contribution in [0, 0.1) is 20.6 Å². The van der Waals surface area contributed by atoms with Crippen LogP contribution in [0.5, 0.6) is 0 Å². The summed E-state index contributed by atoms with van der Waals surface area (Å²) in [7, 11) is 0. The molecule has 0 heterocycles. The molecule has 0 saturated heterocycles. The summed E-state index contributed by atoms with van der Waals surface area (Å²) in [5.74, 6) is 0. The van der Waals surface area contributed by atoms with E-state index in [1.54, 1.807) is 12.1 Å². The molecule has 1 unspecified atom stereocenters. The predicted octanol–water partition coefficient (Wildman–Crippen LogP) is 4.68. The number of anilines is 1. The van der Waals surface area contributed by atoms with Gasteiger partial charge in [0.1, 0.15) is 5.69 Å². The molecular formula is C15H15IN2O2. The summed E-state index contributed by atoms with van der Waals surface area (Å²) in [5, 5.41) is 14.3. The summed E-state index contributed by atoms with van der Waals surface area (Å²) in [4.78, 5) is 10.7. The van der Waals surface area contributed by atoms with Gasteiger partial charge in [0.15, 0.2) is 0 Å². The van der Waals surface area contributed by atoms with Crippen LogP contribution in [0.1, 0.15) is 24.1 Å². The van der Waals surface area contributed by atoms with E-state index >= 15 is 0 Å². The summed E-state index contributed by atoms with van der Waals surface area (Å²) < 4.78 is 1.17. The first-order chi connectivity index (χ1) is 9.47. The number of rotatable bonds is 4. The Morgan fingerprint density at radius 3 is 2.45 bits per heavy atom. The van der Waals surface area contributed by atoms with Crippen LogP contribution in [0.25, 0.3) is 0 Å². The Balaban J connectivity index is 2.25.